The van der Waals surface area contributed by atoms with Crippen LogP contribution in [0.25, 0.3) is 0 Å². The molecule has 4 amide bonds. The molecule has 9 heteroatoms. The van der Waals surface area contributed by atoms with Crippen molar-refractivity contribution >= 4 is 35.2 Å². The number of amides is 4. The topological polar surface area (TPSA) is 105 Å². The molecule has 0 aromatic carbocycles. The van der Waals surface area contributed by atoms with Gasteiger partial charge in [-0.3, -0.25) is 19.3 Å². The minimum absolute atomic E-state index is 0.195. The van der Waals surface area contributed by atoms with Gasteiger partial charge in [-0.05, 0) is 48.5 Å². The molecular formula is C22H31N3O5S. The Balaban J connectivity index is 1.47. The predicted octanol–water partition coefficient (Wildman–Crippen LogP) is 2.82. The SMILES string of the molecule is CCC(C)(C)C1CCC2(CC1)NC(=O)N(CC(=O)OCC(=O)NCc1cccs1)C2=O. The number of hydrogen-bond donors (Lipinski definition) is 2. The Morgan fingerprint density at radius 2 is 2.03 bits per heavy atom. The molecule has 2 fully saturated rings. The predicted molar refractivity (Wildman–Crippen MR) is 116 cm³/mol. The Bertz CT molecular complexity index is 828. The summed E-state index contributed by atoms with van der Waals surface area (Å²) in [7, 11) is 0. The van der Waals surface area contributed by atoms with Gasteiger partial charge in [0.25, 0.3) is 11.8 Å². The maximum absolute atomic E-state index is 13.0. The normalized spacial score (nSPS) is 23.7. The van der Waals surface area contributed by atoms with E-state index < -0.39 is 36.6 Å². The van der Waals surface area contributed by atoms with Crippen LogP contribution in [-0.2, 0) is 25.7 Å². The van der Waals surface area contributed by atoms with Gasteiger partial charge < -0.3 is 15.4 Å². The summed E-state index contributed by atoms with van der Waals surface area (Å²) in [4.78, 5) is 51.3. The lowest BCUT2D eigenvalue weighted by atomic mass is 9.65. The standard InChI is InChI=1S/C22H31N3O5S/c1-4-21(2,3)15-7-9-22(10-8-15)19(28)25(20(29)24-22)13-18(27)30-14-17(26)23-12-16-6-5-11-31-16/h5-6,11,15H,4,7-10,12-14H2,1-3H3,(H,23,26)(H,24,29). The Labute approximate surface area is 186 Å². The number of nitrogens with one attached hydrogen (secondary N) is 2. The van der Waals surface area contributed by atoms with Crippen molar-refractivity contribution in [3.05, 3.63) is 22.4 Å². The second kappa shape index (κ2) is 9.38. The number of urea groups is 1. The molecule has 1 aromatic heterocycles. The first-order chi connectivity index (χ1) is 14.7. The van der Waals surface area contributed by atoms with Crippen molar-refractivity contribution in [3.8, 4) is 0 Å². The van der Waals surface area contributed by atoms with Gasteiger partial charge in [0.1, 0.15) is 12.1 Å². The van der Waals surface area contributed by atoms with Crippen LogP contribution in [0.2, 0.25) is 0 Å². The second-order valence-corrected chi connectivity index (χ2v) is 10.1. The molecule has 8 nitrogen and oxygen atoms in total. The zero-order valence-corrected chi connectivity index (χ0v) is 19.2. The summed E-state index contributed by atoms with van der Waals surface area (Å²) in [6.45, 7) is 6.07. The van der Waals surface area contributed by atoms with Crippen molar-refractivity contribution in [1.29, 1.82) is 0 Å². The minimum Gasteiger partial charge on any atom is -0.454 e. The molecule has 1 aromatic rings. The van der Waals surface area contributed by atoms with Crippen LogP contribution in [0.15, 0.2) is 17.5 Å². The largest absolute Gasteiger partial charge is 0.454 e. The number of carbonyl (C=O) groups is 4. The van der Waals surface area contributed by atoms with Crippen molar-refractivity contribution < 1.29 is 23.9 Å². The van der Waals surface area contributed by atoms with Gasteiger partial charge in [-0.15, -0.1) is 11.3 Å². The van der Waals surface area contributed by atoms with Crippen molar-refractivity contribution in [2.75, 3.05) is 13.2 Å². The van der Waals surface area contributed by atoms with E-state index in [9.17, 15) is 19.2 Å². The molecule has 0 bridgehead atoms. The fourth-order valence-corrected chi connectivity index (χ4v) is 4.95. The number of carbonyl (C=O) groups excluding carboxylic acids is 4. The van der Waals surface area contributed by atoms with E-state index in [-0.39, 0.29) is 11.3 Å². The Kier molecular flexibility index (Phi) is 7.03. The van der Waals surface area contributed by atoms with Gasteiger partial charge >= 0.3 is 12.0 Å². The monoisotopic (exact) mass is 449 g/mol. The molecule has 1 aliphatic heterocycles. The fourth-order valence-electron chi connectivity index (χ4n) is 4.31. The number of esters is 1. The van der Waals surface area contributed by atoms with Crippen molar-refractivity contribution in [1.82, 2.24) is 15.5 Å². The minimum atomic E-state index is -0.921. The molecule has 1 aliphatic carbocycles. The van der Waals surface area contributed by atoms with Crippen LogP contribution in [0.4, 0.5) is 4.79 Å². The van der Waals surface area contributed by atoms with Gasteiger partial charge in [-0.2, -0.15) is 0 Å². The van der Waals surface area contributed by atoms with Gasteiger partial charge in [-0.25, -0.2) is 4.79 Å². The van der Waals surface area contributed by atoms with Crippen LogP contribution < -0.4 is 10.6 Å². The van der Waals surface area contributed by atoms with Crippen LogP contribution >= 0.6 is 11.3 Å². The summed E-state index contributed by atoms with van der Waals surface area (Å²) < 4.78 is 4.96. The van der Waals surface area contributed by atoms with E-state index in [1.165, 1.54) is 11.3 Å². The summed E-state index contributed by atoms with van der Waals surface area (Å²) in [5.41, 5.74) is -0.726. The maximum Gasteiger partial charge on any atom is 0.326 e. The first-order valence-corrected chi connectivity index (χ1v) is 11.6. The van der Waals surface area contributed by atoms with Crippen molar-refractivity contribution in [2.24, 2.45) is 11.3 Å². The van der Waals surface area contributed by atoms with E-state index in [2.05, 4.69) is 31.4 Å². The van der Waals surface area contributed by atoms with Gasteiger partial charge in [0.15, 0.2) is 6.61 Å². The molecule has 2 heterocycles. The average Bonchev–Trinajstić information content (AvgIpc) is 3.34. The first-order valence-electron chi connectivity index (χ1n) is 10.8. The van der Waals surface area contributed by atoms with Crippen LogP contribution in [0.1, 0.15) is 57.8 Å². The summed E-state index contributed by atoms with van der Waals surface area (Å²) in [5.74, 6) is -1.09. The van der Waals surface area contributed by atoms with Crippen LogP contribution in [0.5, 0.6) is 0 Å². The molecule has 0 atom stereocenters. The molecule has 0 radical (unpaired) electrons. The lowest BCUT2D eigenvalue weighted by molar-refractivity contribution is -0.151. The van der Waals surface area contributed by atoms with Crippen molar-refractivity contribution in [3.63, 3.8) is 0 Å². The third-order valence-corrected chi connectivity index (χ3v) is 7.67. The van der Waals surface area contributed by atoms with Gasteiger partial charge in [0, 0.05) is 4.88 Å². The van der Waals surface area contributed by atoms with E-state index in [0.717, 1.165) is 29.0 Å². The molecule has 0 unspecified atom stereocenters. The van der Waals surface area contributed by atoms with Crippen LogP contribution in [0, 0.1) is 11.3 Å². The van der Waals surface area contributed by atoms with E-state index in [4.69, 9.17) is 4.74 Å². The van der Waals surface area contributed by atoms with Gasteiger partial charge in [0.2, 0.25) is 0 Å². The molecule has 31 heavy (non-hydrogen) atoms. The number of hydrogen-bond acceptors (Lipinski definition) is 6. The number of nitrogens with zero attached hydrogens (tertiary/aromatic N) is 1. The molecule has 1 saturated carbocycles. The summed E-state index contributed by atoms with van der Waals surface area (Å²) >= 11 is 1.51. The Morgan fingerprint density at radius 1 is 1.32 bits per heavy atom. The summed E-state index contributed by atoms with van der Waals surface area (Å²) in [5, 5.41) is 7.38. The van der Waals surface area contributed by atoms with E-state index >= 15 is 0 Å². The highest BCUT2D eigenvalue weighted by molar-refractivity contribution is 7.09. The molecule has 2 aliphatic rings. The number of thiophene rings is 1. The Hall–Kier alpha value is -2.42. The second-order valence-electron chi connectivity index (χ2n) is 9.04. The highest BCUT2D eigenvalue weighted by Gasteiger charge is 2.53. The lowest BCUT2D eigenvalue weighted by Gasteiger charge is -2.42. The fraction of sp³-hybridized carbons (Fsp3) is 0.636. The molecule has 2 N–H and O–H groups in total. The Morgan fingerprint density at radius 3 is 2.65 bits per heavy atom. The first kappa shape index (κ1) is 23.2. The molecule has 3 rings (SSSR count). The number of ether oxygens (including phenoxy) is 1. The quantitative estimate of drug-likeness (QED) is 0.469. The van der Waals surface area contributed by atoms with Crippen LogP contribution in [-0.4, -0.2) is 47.4 Å². The summed E-state index contributed by atoms with van der Waals surface area (Å²) in [6, 6.07) is 3.20. The van der Waals surface area contributed by atoms with E-state index in [1.807, 2.05) is 17.5 Å². The summed E-state index contributed by atoms with van der Waals surface area (Å²) in [6.07, 6.45) is 3.92. The molecular weight excluding hydrogens is 418 g/mol. The van der Waals surface area contributed by atoms with E-state index in [1.54, 1.807) is 0 Å². The van der Waals surface area contributed by atoms with Gasteiger partial charge in [0.05, 0.1) is 6.54 Å². The highest BCUT2D eigenvalue weighted by atomic mass is 32.1. The smallest absolute Gasteiger partial charge is 0.326 e. The lowest BCUT2D eigenvalue weighted by Crippen LogP contribution is -2.51. The van der Waals surface area contributed by atoms with Gasteiger partial charge in [-0.1, -0.05) is 33.3 Å². The highest BCUT2D eigenvalue weighted by Crippen LogP contribution is 2.45. The third-order valence-electron chi connectivity index (χ3n) is 6.79. The number of rotatable bonds is 8. The zero-order chi connectivity index (χ0) is 22.6. The zero-order valence-electron chi connectivity index (χ0n) is 18.4. The molecule has 1 spiro atoms. The maximum atomic E-state index is 13.0. The van der Waals surface area contributed by atoms with E-state index in [0.29, 0.717) is 25.3 Å². The molecule has 170 valence electrons. The third kappa shape index (κ3) is 5.26. The van der Waals surface area contributed by atoms with Crippen molar-refractivity contribution in [2.45, 2.75) is 65.0 Å². The molecule has 1 saturated heterocycles. The average molecular weight is 450 g/mol. The van der Waals surface area contributed by atoms with Crippen LogP contribution in [0.3, 0.4) is 0 Å². The number of imide groups is 1.